The van der Waals surface area contributed by atoms with Gasteiger partial charge in [-0.3, -0.25) is 9.59 Å². The average Bonchev–Trinajstić information content (AvgIpc) is 2.54. The number of nitrogens with zero attached hydrogens (tertiary/aromatic N) is 1. The molecule has 0 aliphatic heterocycles. The highest BCUT2D eigenvalue weighted by Gasteiger charge is 2.27. The van der Waals surface area contributed by atoms with Crippen molar-refractivity contribution in [3.05, 3.63) is 29.8 Å². The molecule has 2 N–H and O–H groups in total. The van der Waals surface area contributed by atoms with E-state index in [2.05, 4.69) is 36.6 Å². The van der Waals surface area contributed by atoms with Crippen LogP contribution in [0.2, 0.25) is 0 Å². The van der Waals surface area contributed by atoms with Crippen molar-refractivity contribution in [2.75, 3.05) is 5.32 Å². The van der Waals surface area contributed by atoms with E-state index in [4.69, 9.17) is 0 Å². The van der Waals surface area contributed by atoms with E-state index in [0.717, 1.165) is 24.1 Å². The number of carbonyl (C=O) groups excluding carboxylic acids is 2. The molecule has 0 saturated heterocycles. The predicted octanol–water partition coefficient (Wildman–Crippen LogP) is 3.50. The predicted molar refractivity (Wildman–Crippen MR) is 96.7 cm³/mol. The van der Waals surface area contributed by atoms with Crippen LogP contribution in [0.4, 0.5) is 5.69 Å². The molecular formula is C19H27N3O2. The minimum atomic E-state index is -0.733. The van der Waals surface area contributed by atoms with E-state index < -0.39 is 11.8 Å². The fourth-order valence-electron chi connectivity index (χ4n) is 3.09. The number of hydrogen-bond acceptors (Lipinski definition) is 3. The third kappa shape index (κ3) is 4.91. The van der Waals surface area contributed by atoms with Crippen LogP contribution in [-0.2, 0) is 9.59 Å². The largest absolute Gasteiger partial charge is 0.329 e. The van der Waals surface area contributed by atoms with Crippen molar-refractivity contribution in [3.63, 3.8) is 0 Å². The van der Waals surface area contributed by atoms with Gasteiger partial charge in [-0.1, -0.05) is 38.5 Å². The number of amides is 2. The molecular weight excluding hydrogens is 302 g/mol. The second-order valence-electron chi connectivity index (χ2n) is 7.10. The molecule has 5 nitrogen and oxygen atoms in total. The number of hydrazone groups is 1. The van der Waals surface area contributed by atoms with Gasteiger partial charge < -0.3 is 5.32 Å². The van der Waals surface area contributed by atoms with E-state index in [0.29, 0.717) is 23.4 Å². The van der Waals surface area contributed by atoms with E-state index in [1.54, 1.807) is 12.1 Å². The summed E-state index contributed by atoms with van der Waals surface area (Å²) in [5.74, 6) is -0.00907. The molecule has 1 fully saturated rings. The van der Waals surface area contributed by atoms with Crippen molar-refractivity contribution < 1.29 is 9.59 Å². The van der Waals surface area contributed by atoms with Crippen LogP contribution in [0.3, 0.4) is 0 Å². The van der Waals surface area contributed by atoms with Crippen LogP contribution in [0.25, 0.3) is 0 Å². The molecule has 1 aromatic carbocycles. The molecule has 0 spiro atoms. The summed E-state index contributed by atoms with van der Waals surface area (Å²) in [6, 6.07) is 7.29. The Bertz CT molecular complexity index is 620. The zero-order chi connectivity index (χ0) is 17.7. The van der Waals surface area contributed by atoms with Crippen LogP contribution in [-0.4, -0.2) is 17.5 Å². The molecule has 0 heterocycles. The molecule has 0 unspecified atom stereocenters. The quantitative estimate of drug-likeness (QED) is 0.658. The second kappa shape index (κ2) is 8.08. The Morgan fingerprint density at radius 2 is 1.79 bits per heavy atom. The van der Waals surface area contributed by atoms with Gasteiger partial charge in [0.2, 0.25) is 0 Å². The third-order valence-electron chi connectivity index (χ3n) is 4.58. The maximum atomic E-state index is 12.0. The summed E-state index contributed by atoms with van der Waals surface area (Å²) in [6.07, 6.45) is 3.15. The van der Waals surface area contributed by atoms with Crippen LogP contribution in [0.5, 0.6) is 0 Å². The van der Waals surface area contributed by atoms with Crippen molar-refractivity contribution in [2.45, 2.75) is 47.0 Å². The first-order chi connectivity index (χ1) is 11.4. The molecule has 1 aliphatic rings. The number of carbonyl (C=O) groups is 2. The Labute approximate surface area is 143 Å². The molecule has 2 rings (SSSR count). The Morgan fingerprint density at radius 3 is 2.42 bits per heavy atom. The van der Waals surface area contributed by atoms with Gasteiger partial charge in [0.1, 0.15) is 0 Å². The van der Waals surface area contributed by atoms with Crippen molar-refractivity contribution in [1.82, 2.24) is 5.43 Å². The van der Waals surface area contributed by atoms with Gasteiger partial charge in [-0.05, 0) is 50.2 Å². The van der Waals surface area contributed by atoms with Crippen LogP contribution >= 0.6 is 0 Å². The molecule has 0 bridgehead atoms. The van der Waals surface area contributed by atoms with Gasteiger partial charge in [0, 0.05) is 17.3 Å². The summed E-state index contributed by atoms with van der Waals surface area (Å²) >= 11 is 0. The smallest absolute Gasteiger partial charge is 0.318 e. The van der Waals surface area contributed by atoms with E-state index in [-0.39, 0.29) is 0 Å². The van der Waals surface area contributed by atoms with Crippen molar-refractivity contribution in [3.8, 4) is 0 Å². The Balaban J connectivity index is 1.96. The molecule has 5 heteroatoms. The molecule has 0 aromatic heterocycles. The number of hydrogen-bond donors (Lipinski definition) is 2. The highest BCUT2D eigenvalue weighted by Crippen LogP contribution is 2.31. The highest BCUT2D eigenvalue weighted by atomic mass is 16.2. The summed E-state index contributed by atoms with van der Waals surface area (Å²) in [4.78, 5) is 23.9. The number of rotatable bonds is 3. The number of anilines is 1. The van der Waals surface area contributed by atoms with E-state index in [9.17, 15) is 9.59 Å². The lowest BCUT2D eigenvalue weighted by Crippen LogP contribution is -2.35. The number of benzene rings is 1. The standard InChI is InChI=1S/C19H27N3O2/c1-12(2)16-10-7-14(4)11-17(16)21-22-19(24)18(23)20-15-8-5-13(3)6-9-15/h5-6,8-9,12,14,16H,7,10-11H2,1-4H3,(H,20,23)(H,22,24)/b21-17-/t14-,16-/m0/s1. The van der Waals surface area contributed by atoms with Crippen LogP contribution in [0.15, 0.2) is 29.4 Å². The molecule has 24 heavy (non-hydrogen) atoms. The topological polar surface area (TPSA) is 70.6 Å². The fourth-order valence-corrected chi connectivity index (χ4v) is 3.09. The molecule has 1 saturated carbocycles. The number of nitrogens with one attached hydrogen (secondary N) is 2. The Morgan fingerprint density at radius 1 is 1.12 bits per heavy atom. The maximum absolute atomic E-state index is 12.0. The monoisotopic (exact) mass is 329 g/mol. The second-order valence-corrected chi connectivity index (χ2v) is 7.10. The summed E-state index contributed by atoms with van der Waals surface area (Å²) in [5, 5.41) is 6.85. The van der Waals surface area contributed by atoms with Crippen LogP contribution < -0.4 is 10.7 Å². The summed E-state index contributed by atoms with van der Waals surface area (Å²) in [7, 11) is 0. The lowest BCUT2D eigenvalue weighted by molar-refractivity contribution is -0.136. The molecule has 0 radical (unpaired) electrons. The third-order valence-corrected chi connectivity index (χ3v) is 4.58. The molecule has 1 aromatic rings. The van der Waals surface area contributed by atoms with Gasteiger partial charge in [0.15, 0.2) is 0 Å². The van der Waals surface area contributed by atoms with Crippen LogP contribution in [0.1, 0.15) is 45.6 Å². The van der Waals surface area contributed by atoms with Gasteiger partial charge in [-0.25, -0.2) is 5.43 Å². The zero-order valence-corrected chi connectivity index (χ0v) is 14.9. The lowest BCUT2D eigenvalue weighted by atomic mass is 9.76. The minimum absolute atomic E-state index is 0.377. The van der Waals surface area contributed by atoms with Gasteiger partial charge >= 0.3 is 11.8 Å². The first kappa shape index (κ1) is 18.2. The van der Waals surface area contributed by atoms with Crippen molar-refractivity contribution in [1.29, 1.82) is 0 Å². The van der Waals surface area contributed by atoms with Crippen LogP contribution in [0, 0.1) is 24.7 Å². The van der Waals surface area contributed by atoms with Crippen molar-refractivity contribution in [2.24, 2.45) is 22.9 Å². The highest BCUT2D eigenvalue weighted by molar-refractivity contribution is 6.39. The molecule has 1 aliphatic carbocycles. The first-order valence-corrected chi connectivity index (χ1v) is 8.61. The zero-order valence-electron chi connectivity index (χ0n) is 14.9. The minimum Gasteiger partial charge on any atom is -0.318 e. The average molecular weight is 329 g/mol. The van der Waals surface area contributed by atoms with E-state index >= 15 is 0 Å². The summed E-state index contributed by atoms with van der Waals surface area (Å²) < 4.78 is 0. The van der Waals surface area contributed by atoms with E-state index in [1.807, 2.05) is 19.1 Å². The molecule has 2 atom stereocenters. The van der Waals surface area contributed by atoms with Gasteiger partial charge in [-0.2, -0.15) is 5.10 Å². The Hall–Kier alpha value is -2.17. The lowest BCUT2D eigenvalue weighted by Gasteiger charge is -2.30. The van der Waals surface area contributed by atoms with Crippen molar-refractivity contribution >= 4 is 23.2 Å². The maximum Gasteiger partial charge on any atom is 0.329 e. The SMILES string of the molecule is Cc1ccc(NC(=O)C(=O)N/N=C2/C[C@@H](C)CC[C@H]2C(C)C)cc1. The summed E-state index contributed by atoms with van der Waals surface area (Å²) in [6.45, 7) is 8.49. The first-order valence-electron chi connectivity index (χ1n) is 8.61. The van der Waals surface area contributed by atoms with Gasteiger partial charge in [0.05, 0.1) is 0 Å². The van der Waals surface area contributed by atoms with Gasteiger partial charge in [0.25, 0.3) is 0 Å². The normalized spacial score (nSPS) is 22.5. The fraction of sp³-hybridized carbons (Fsp3) is 0.526. The molecule has 130 valence electrons. The van der Waals surface area contributed by atoms with Gasteiger partial charge in [-0.15, -0.1) is 0 Å². The summed E-state index contributed by atoms with van der Waals surface area (Å²) in [5.41, 5.74) is 5.12. The Kier molecular flexibility index (Phi) is 6.12. The number of aryl methyl sites for hydroxylation is 1. The molecule has 2 amide bonds. The van der Waals surface area contributed by atoms with E-state index in [1.165, 1.54) is 6.42 Å².